The molecule has 1 saturated heterocycles. The molecule has 2 aliphatic rings. The smallest absolute Gasteiger partial charge is 0.308 e. The molecular formula is C21H23NO6. The van der Waals surface area contributed by atoms with Gasteiger partial charge in [0, 0.05) is 12.1 Å². The summed E-state index contributed by atoms with van der Waals surface area (Å²) < 4.78 is 10.2. The number of esters is 1. The predicted octanol–water partition coefficient (Wildman–Crippen LogP) is 2.15. The number of methoxy groups -OCH3 is 1. The van der Waals surface area contributed by atoms with Gasteiger partial charge in [-0.05, 0) is 44.0 Å². The maximum atomic E-state index is 12.4. The summed E-state index contributed by atoms with van der Waals surface area (Å²) in [6.07, 6.45) is 3.85. The lowest BCUT2D eigenvalue weighted by atomic mass is 9.85. The van der Waals surface area contributed by atoms with Gasteiger partial charge in [-0.1, -0.05) is 12.2 Å². The molecule has 0 aromatic heterocycles. The van der Waals surface area contributed by atoms with Crippen molar-refractivity contribution in [1.29, 1.82) is 0 Å². The first-order valence-corrected chi connectivity index (χ1v) is 9.30. The van der Waals surface area contributed by atoms with Crippen LogP contribution in [0.3, 0.4) is 0 Å². The fourth-order valence-corrected chi connectivity index (χ4v) is 3.59. The molecule has 28 heavy (non-hydrogen) atoms. The van der Waals surface area contributed by atoms with E-state index in [-0.39, 0.29) is 42.4 Å². The van der Waals surface area contributed by atoms with Crippen molar-refractivity contribution >= 4 is 23.6 Å². The van der Waals surface area contributed by atoms with E-state index in [0.29, 0.717) is 24.2 Å². The van der Waals surface area contributed by atoms with Crippen LogP contribution in [0.2, 0.25) is 0 Å². The van der Waals surface area contributed by atoms with Crippen molar-refractivity contribution in [2.75, 3.05) is 13.7 Å². The van der Waals surface area contributed by atoms with E-state index in [1.807, 2.05) is 12.2 Å². The largest absolute Gasteiger partial charge is 0.497 e. The molecule has 0 spiro atoms. The van der Waals surface area contributed by atoms with Gasteiger partial charge < -0.3 is 9.47 Å². The summed E-state index contributed by atoms with van der Waals surface area (Å²) in [5.41, 5.74) is 0.405. The lowest BCUT2D eigenvalue weighted by Crippen LogP contribution is -2.34. The van der Waals surface area contributed by atoms with Gasteiger partial charge in [-0.2, -0.15) is 0 Å². The van der Waals surface area contributed by atoms with Crippen LogP contribution in [0.15, 0.2) is 36.4 Å². The molecule has 7 nitrogen and oxygen atoms in total. The number of likely N-dealkylation sites (tertiary alicyclic amines) is 1. The fourth-order valence-electron chi connectivity index (χ4n) is 3.59. The van der Waals surface area contributed by atoms with E-state index in [1.165, 1.54) is 14.0 Å². The number of carbonyl (C=O) groups is 4. The Balaban J connectivity index is 1.51. The van der Waals surface area contributed by atoms with E-state index in [2.05, 4.69) is 0 Å². The van der Waals surface area contributed by atoms with Gasteiger partial charge in [-0.3, -0.25) is 24.1 Å². The number of amides is 2. The van der Waals surface area contributed by atoms with E-state index >= 15 is 0 Å². The summed E-state index contributed by atoms with van der Waals surface area (Å²) in [5, 5.41) is 0. The number of nitrogens with zero attached hydrogens (tertiary/aromatic N) is 1. The van der Waals surface area contributed by atoms with Crippen LogP contribution in [-0.4, -0.2) is 48.2 Å². The van der Waals surface area contributed by atoms with Crippen LogP contribution in [0.1, 0.15) is 36.5 Å². The number of rotatable bonds is 7. The number of hydrogen-bond acceptors (Lipinski definition) is 6. The minimum absolute atomic E-state index is 0.0209. The molecule has 0 radical (unpaired) electrons. The highest BCUT2D eigenvalue weighted by Crippen LogP contribution is 2.35. The number of carbonyl (C=O) groups excluding carboxylic acids is 4. The van der Waals surface area contributed by atoms with Gasteiger partial charge in [0.2, 0.25) is 17.6 Å². The zero-order chi connectivity index (χ0) is 20.3. The van der Waals surface area contributed by atoms with Gasteiger partial charge in [0.05, 0.1) is 25.4 Å². The molecule has 3 atom stereocenters. The summed E-state index contributed by atoms with van der Waals surface area (Å²) >= 11 is 0. The van der Waals surface area contributed by atoms with E-state index < -0.39 is 12.1 Å². The first kappa shape index (κ1) is 19.8. The Bertz CT molecular complexity index is 787. The lowest BCUT2D eigenvalue weighted by molar-refractivity contribution is -0.147. The molecule has 0 bridgehead atoms. The molecule has 1 aliphatic carbocycles. The maximum Gasteiger partial charge on any atom is 0.308 e. The number of fused-ring (bicyclic) bond motifs is 1. The van der Waals surface area contributed by atoms with Crippen molar-refractivity contribution in [3.63, 3.8) is 0 Å². The Morgan fingerprint density at radius 2 is 1.64 bits per heavy atom. The molecule has 0 N–H and O–H groups in total. The second-order valence-electron chi connectivity index (χ2n) is 6.96. The molecule has 0 unspecified atom stereocenters. The van der Waals surface area contributed by atoms with Gasteiger partial charge in [-0.25, -0.2) is 0 Å². The monoisotopic (exact) mass is 385 g/mol. The number of benzene rings is 1. The third-order valence-corrected chi connectivity index (χ3v) is 5.19. The second kappa shape index (κ2) is 8.37. The molecule has 1 aliphatic heterocycles. The van der Waals surface area contributed by atoms with Crippen LogP contribution >= 0.6 is 0 Å². The Morgan fingerprint density at radius 1 is 1.07 bits per heavy atom. The average Bonchev–Trinajstić information content (AvgIpc) is 2.96. The highest BCUT2D eigenvalue weighted by atomic mass is 16.5. The Morgan fingerprint density at radius 3 is 2.18 bits per heavy atom. The van der Waals surface area contributed by atoms with Crippen LogP contribution < -0.4 is 4.74 Å². The van der Waals surface area contributed by atoms with Gasteiger partial charge in [0.25, 0.3) is 0 Å². The van der Waals surface area contributed by atoms with Gasteiger partial charge in [0.1, 0.15) is 5.75 Å². The van der Waals surface area contributed by atoms with Crippen LogP contribution in [0.4, 0.5) is 0 Å². The fraction of sp³-hybridized carbons (Fsp3) is 0.429. The zero-order valence-electron chi connectivity index (χ0n) is 15.9. The maximum absolute atomic E-state index is 12.4. The van der Waals surface area contributed by atoms with E-state index in [9.17, 15) is 19.2 Å². The highest BCUT2D eigenvalue weighted by molar-refractivity contribution is 6.05. The van der Waals surface area contributed by atoms with Gasteiger partial charge in [-0.15, -0.1) is 0 Å². The van der Waals surface area contributed by atoms with Gasteiger partial charge >= 0.3 is 5.97 Å². The average molecular weight is 385 g/mol. The second-order valence-corrected chi connectivity index (χ2v) is 6.96. The van der Waals surface area contributed by atoms with Crippen molar-refractivity contribution in [3.05, 3.63) is 42.0 Å². The predicted molar refractivity (Wildman–Crippen MR) is 99.6 cm³/mol. The summed E-state index contributed by atoms with van der Waals surface area (Å²) in [6, 6.07) is 6.51. The molecule has 1 aromatic rings. The summed E-state index contributed by atoms with van der Waals surface area (Å²) in [5.74, 6) is -1.42. The lowest BCUT2D eigenvalue weighted by Gasteiger charge is -2.16. The SMILES string of the molecule is COc1ccc(C(=O)[C@H](C)OC(=O)CCN2C(=O)[C@@H]3CC=CC[C@H]3C2=O)cc1. The third kappa shape index (κ3) is 3.98. The molecule has 1 aromatic carbocycles. The molecule has 0 saturated carbocycles. The number of ether oxygens (including phenoxy) is 2. The van der Waals surface area contributed by atoms with E-state index in [4.69, 9.17) is 9.47 Å². The molecule has 2 amide bonds. The molecule has 3 rings (SSSR count). The van der Waals surface area contributed by atoms with Crippen LogP contribution in [0.25, 0.3) is 0 Å². The van der Waals surface area contributed by atoms with Crippen LogP contribution in [0.5, 0.6) is 5.75 Å². The first-order chi connectivity index (χ1) is 13.4. The minimum atomic E-state index is -0.961. The van der Waals surface area contributed by atoms with Crippen molar-refractivity contribution < 1.29 is 28.7 Å². The van der Waals surface area contributed by atoms with Crippen LogP contribution in [-0.2, 0) is 19.1 Å². The molecule has 1 heterocycles. The quantitative estimate of drug-likeness (QED) is 0.309. The molecule has 7 heteroatoms. The molecular weight excluding hydrogens is 362 g/mol. The Labute approximate surface area is 163 Å². The van der Waals surface area contributed by atoms with Crippen LogP contribution in [0, 0.1) is 11.8 Å². The van der Waals surface area contributed by atoms with Crippen molar-refractivity contribution in [1.82, 2.24) is 4.90 Å². The molecule has 148 valence electrons. The number of ketones is 1. The first-order valence-electron chi connectivity index (χ1n) is 9.30. The van der Waals surface area contributed by atoms with Crippen molar-refractivity contribution in [2.45, 2.75) is 32.3 Å². The van der Waals surface area contributed by atoms with E-state index in [1.54, 1.807) is 24.3 Å². The summed E-state index contributed by atoms with van der Waals surface area (Å²) in [7, 11) is 1.53. The highest BCUT2D eigenvalue weighted by Gasteiger charge is 2.47. The Kier molecular flexibility index (Phi) is 5.92. The standard InChI is InChI=1S/C21H23NO6/c1-13(19(24)14-7-9-15(27-2)10-8-14)28-18(23)11-12-22-20(25)16-5-3-4-6-17(16)21(22)26/h3-4,7-10,13,16-17H,5-6,11-12H2,1-2H3/t13-,16+,17+/m0/s1. The van der Waals surface area contributed by atoms with Gasteiger partial charge in [0.15, 0.2) is 6.10 Å². The number of allylic oxidation sites excluding steroid dienone is 2. The Hall–Kier alpha value is -2.96. The normalized spacial score (nSPS) is 22.0. The van der Waals surface area contributed by atoms with E-state index in [0.717, 1.165) is 4.90 Å². The minimum Gasteiger partial charge on any atom is -0.497 e. The summed E-state index contributed by atoms with van der Waals surface area (Å²) in [4.78, 5) is 50.4. The van der Waals surface area contributed by atoms with Crippen molar-refractivity contribution in [3.8, 4) is 5.75 Å². The zero-order valence-corrected chi connectivity index (χ0v) is 15.9. The third-order valence-electron chi connectivity index (χ3n) is 5.19. The van der Waals surface area contributed by atoms with Crippen molar-refractivity contribution in [2.24, 2.45) is 11.8 Å². The molecule has 1 fully saturated rings. The summed E-state index contributed by atoms with van der Waals surface area (Å²) in [6.45, 7) is 1.48. The topological polar surface area (TPSA) is 90.0 Å². The number of imide groups is 1. The number of hydrogen-bond donors (Lipinski definition) is 0. The number of Topliss-reactive ketones (excluding diaryl/α,β-unsaturated/α-hetero) is 1.